The second-order valence-corrected chi connectivity index (χ2v) is 4.56. The van der Waals surface area contributed by atoms with Crippen molar-refractivity contribution in [3.63, 3.8) is 0 Å². The molecule has 0 heterocycles. The number of nitrogens with one attached hydrogen (secondary N) is 1. The lowest BCUT2D eigenvalue weighted by molar-refractivity contribution is 0.0982. The number of ether oxygens (including phenoxy) is 1. The van der Waals surface area contributed by atoms with E-state index < -0.39 is 0 Å². The van der Waals surface area contributed by atoms with Crippen LogP contribution in [0.3, 0.4) is 0 Å². The molecule has 0 amide bonds. The van der Waals surface area contributed by atoms with Crippen molar-refractivity contribution in [3.05, 3.63) is 65.7 Å². The quantitative estimate of drug-likeness (QED) is 0.620. The molecule has 2 aromatic carbocycles. The largest absolute Gasteiger partial charge is 0.497 e. The molecule has 0 aromatic heterocycles. The Hall–Kier alpha value is -2.13. The van der Waals surface area contributed by atoms with Gasteiger partial charge in [0.2, 0.25) is 0 Å². The fourth-order valence-corrected chi connectivity index (χ4v) is 1.95. The van der Waals surface area contributed by atoms with Crippen molar-refractivity contribution in [2.75, 3.05) is 13.7 Å². The van der Waals surface area contributed by atoms with E-state index in [0.29, 0.717) is 13.0 Å². The number of rotatable bonds is 7. The molecule has 0 unspecified atom stereocenters. The zero-order valence-corrected chi connectivity index (χ0v) is 11.6. The van der Waals surface area contributed by atoms with Gasteiger partial charge in [0, 0.05) is 25.1 Å². The zero-order chi connectivity index (χ0) is 14.2. The smallest absolute Gasteiger partial charge is 0.164 e. The maximum Gasteiger partial charge on any atom is 0.164 e. The number of methoxy groups -OCH3 is 1. The molecule has 0 saturated carbocycles. The molecule has 1 N–H and O–H groups in total. The number of benzene rings is 2. The fourth-order valence-electron chi connectivity index (χ4n) is 1.95. The van der Waals surface area contributed by atoms with E-state index in [4.69, 9.17) is 4.74 Å². The van der Waals surface area contributed by atoms with Crippen LogP contribution in [-0.2, 0) is 6.54 Å². The van der Waals surface area contributed by atoms with Gasteiger partial charge in [-0.15, -0.1) is 0 Å². The van der Waals surface area contributed by atoms with Gasteiger partial charge in [-0.1, -0.05) is 30.3 Å². The van der Waals surface area contributed by atoms with Gasteiger partial charge in [-0.3, -0.25) is 4.79 Å². The first-order valence-electron chi connectivity index (χ1n) is 6.71. The number of carbonyl (C=O) groups is 1. The molecule has 0 aliphatic carbocycles. The van der Waals surface area contributed by atoms with E-state index in [0.717, 1.165) is 17.9 Å². The Balaban J connectivity index is 1.74. The van der Waals surface area contributed by atoms with Crippen LogP contribution in [-0.4, -0.2) is 19.4 Å². The third kappa shape index (κ3) is 4.21. The topological polar surface area (TPSA) is 38.3 Å². The van der Waals surface area contributed by atoms with E-state index in [9.17, 15) is 4.79 Å². The molecule has 0 aliphatic heterocycles. The molecule has 0 aliphatic rings. The van der Waals surface area contributed by atoms with Crippen LogP contribution in [0.15, 0.2) is 54.6 Å². The zero-order valence-electron chi connectivity index (χ0n) is 11.6. The highest BCUT2D eigenvalue weighted by atomic mass is 16.5. The standard InChI is InChI=1S/C17H19NO2/c1-20-16-9-7-15(8-10-16)17(19)11-12-18-13-14-5-3-2-4-6-14/h2-10,18H,11-13H2,1H3. The van der Waals surface area contributed by atoms with Gasteiger partial charge in [-0.25, -0.2) is 0 Å². The lowest BCUT2D eigenvalue weighted by Gasteiger charge is -2.05. The first-order valence-corrected chi connectivity index (χ1v) is 6.71. The molecular formula is C17H19NO2. The highest BCUT2D eigenvalue weighted by Crippen LogP contribution is 2.12. The summed E-state index contributed by atoms with van der Waals surface area (Å²) >= 11 is 0. The van der Waals surface area contributed by atoms with Gasteiger partial charge >= 0.3 is 0 Å². The van der Waals surface area contributed by atoms with Crippen molar-refractivity contribution in [1.82, 2.24) is 5.32 Å². The maximum absolute atomic E-state index is 12.0. The van der Waals surface area contributed by atoms with Crippen LogP contribution in [0, 0.1) is 0 Å². The van der Waals surface area contributed by atoms with Crippen molar-refractivity contribution in [2.45, 2.75) is 13.0 Å². The predicted molar refractivity (Wildman–Crippen MR) is 80.1 cm³/mol. The van der Waals surface area contributed by atoms with Gasteiger partial charge in [-0.05, 0) is 29.8 Å². The van der Waals surface area contributed by atoms with E-state index in [-0.39, 0.29) is 5.78 Å². The first-order chi connectivity index (χ1) is 9.79. The third-order valence-corrected chi connectivity index (χ3v) is 3.11. The minimum atomic E-state index is 0.146. The van der Waals surface area contributed by atoms with Crippen molar-refractivity contribution in [2.24, 2.45) is 0 Å². The second kappa shape index (κ2) is 7.46. The minimum absolute atomic E-state index is 0.146. The lowest BCUT2D eigenvalue weighted by Crippen LogP contribution is -2.17. The van der Waals surface area contributed by atoms with Crippen LogP contribution in [0.5, 0.6) is 5.75 Å². The minimum Gasteiger partial charge on any atom is -0.497 e. The highest BCUT2D eigenvalue weighted by molar-refractivity contribution is 5.96. The summed E-state index contributed by atoms with van der Waals surface area (Å²) in [6.45, 7) is 1.47. The number of hydrogen-bond donors (Lipinski definition) is 1. The normalized spacial score (nSPS) is 10.2. The van der Waals surface area contributed by atoms with Crippen LogP contribution in [0.2, 0.25) is 0 Å². The summed E-state index contributed by atoms with van der Waals surface area (Å²) in [7, 11) is 1.62. The number of Topliss-reactive ketones (excluding diaryl/α,β-unsaturated/α-hetero) is 1. The average Bonchev–Trinajstić information content (AvgIpc) is 2.52. The molecule has 104 valence electrons. The third-order valence-electron chi connectivity index (χ3n) is 3.11. The van der Waals surface area contributed by atoms with Crippen LogP contribution < -0.4 is 10.1 Å². The average molecular weight is 269 g/mol. The van der Waals surface area contributed by atoms with E-state index in [1.54, 1.807) is 19.2 Å². The first kappa shape index (κ1) is 14.3. The lowest BCUT2D eigenvalue weighted by atomic mass is 10.1. The molecule has 20 heavy (non-hydrogen) atoms. The molecule has 3 heteroatoms. The molecular weight excluding hydrogens is 250 g/mol. The highest BCUT2D eigenvalue weighted by Gasteiger charge is 2.05. The molecule has 0 spiro atoms. The summed E-state index contributed by atoms with van der Waals surface area (Å²) in [6.07, 6.45) is 0.499. The van der Waals surface area contributed by atoms with Gasteiger partial charge < -0.3 is 10.1 Å². The van der Waals surface area contributed by atoms with Crippen LogP contribution in [0.1, 0.15) is 22.3 Å². The van der Waals surface area contributed by atoms with Crippen molar-refractivity contribution in [1.29, 1.82) is 0 Å². The Kier molecular flexibility index (Phi) is 5.33. The molecule has 0 bridgehead atoms. The summed E-state index contributed by atoms with van der Waals surface area (Å²) in [5.41, 5.74) is 1.96. The second-order valence-electron chi connectivity index (χ2n) is 4.56. The van der Waals surface area contributed by atoms with Crippen LogP contribution >= 0.6 is 0 Å². The van der Waals surface area contributed by atoms with E-state index in [1.165, 1.54) is 5.56 Å². The monoisotopic (exact) mass is 269 g/mol. The summed E-state index contributed by atoms with van der Waals surface area (Å²) in [5.74, 6) is 0.914. The molecule has 3 nitrogen and oxygen atoms in total. The summed E-state index contributed by atoms with van der Waals surface area (Å²) in [6, 6.07) is 17.4. The van der Waals surface area contributed by atoms with Gasteiger partial charge in [0.1, 0.15) is 5.75 Å². The Labute approximate surface area is 119 Å². The van der Waals surface area contributed by atoms with Crippen LogP contribution in [0.4, 0.5) is 0 Å². The van der Waals surface area contributed by atoms with Gasteiger partial charge in [0.15, 0.2) is 5.78 Å². The van der Waals surface area contributed by atoms with Gasteiger partial charge in [-0.2, -0.15) is 0 Å². The van der Waals surface area contributed by atoms with Crippen molar-refractivity contribution >= 4 is 5.78 Å². The Morgan fingerprint density at radius 1 is 1.05 bits per heavy atom. The molecule has 2 rings (SSSR count). The summed E-state index contributed by atoms with van der Waals surface area (Å²) in [4.78, 5) is 12.0. The van der Waals surface area contributed by atoms with Crippen molar-refractivity contribution < 1.29 is 9.53 Å². The molecule has 0 atom stereocenters. The summed E-state index contributed by atoms with van der Waals surface area (Å²) < 4.78 is 5.07. The molecule has 0 fully saturated rings. The number of ketones is 1. The SMILES string of the molecule is COc1ccc(C(=O)CCNCc2ccccc2)cc1. The van der Waals surface area contributed by atoms with Crippen LogP contribution in [0.25, 0.3) is 0 Å². The maximum atomic E-state index is 12.0. The van der Waals surface area contributed by atoms with Gasteiger partial charge in [0.05, 0.1) is 7.11 Å². The summed E-state index contributed by atoms with van der Waals surface area (Å²) in [5, 5.41) is 3.28. The molecule has 0 radical (unpaired) electrons. The Bertz CT molecular complexity index is 535. The molecule has 0 saturated heterocycles. The Morgan fingerprint density at radius 3 is 2.40 bits per heavy atom. The van der Waals surface area contributed by atoms with Gasteiger partial charge in [0.25, 0.3) is 0 Å². The molecule has 2 aromatic rings. The number of carbonyl (C=O) groups excluding carboxylic acids is 1. The van der Waals surface area contributed by atoms with E-state index in [2.05, 4.69) is 17.4 Å². The number of hydrogen-bond acceptors (Lipinski definition) is 3. The van der Waals surface area contributed by atoms with E-state index >= 15 is 0 Å². The van der Waals surface area contributed by atoms with E-state index in [1.807, 2.05) is 30.3 Å². The Morgan fingerprint density at radius 2 is 1.75 bits per heavy atom. The predicted octanol–water partition coefficient (Wildman–Crippen LogP) is 3.06. The fraction of sp³-hybridized carbons (Fsp3) is 0.235. The van der Waals surface area contributed by atoms with Crippen molar-refractivity contribution in [3.8, 4) is 5.75 Å².